The zero-order valence-electron chi connectivity index (χ0n) is 5.35. The molecule has 0 amide bonds. The second-order valence-corrected chi connectivity index (χ2v) is 3.62. The highest BCUT2D eigenvalue weighted by Gasteiger charge is 2.17. The maximum Gasteiger partial charge on any atom is 0.0775 e. The van der Waals surface area contributed by atoms with Crippen molar-refractivity contribution in [3.8, 4) is 0 Å². The third-order valence-corrected chi connectivity index (χ3v) is 3.02. The zero-order chi connectivity index (χ0) is 6.10. The van der Waals surface area contributed by atoms with E-state index in [4.69, 9.17) is 4.74 Å². The molecular weight excluding hydrogens is 132 g/mol. The number of hydrogen-bond donors (Lipinski definition) is 0. The predicted octanol–water partition coefficient (Wildman–Crippen LogP) is 1.80. The van der Waals surface area contributed by atoms with E-state index in [1.54, 1.807) is 5.57 Å². The van der Waals surface area contributed by atoms with E-state index in [1.807, 2.05) is 11.8 Å². The second kappa shape index (κ2) is 2.35. The van der Waals surface area contributed by atoms with E-state index in [0.29, 0.717) is 0 Å². The van der Waals surface area contributed by atoms with Gasteiger partial charge in [-0.1, -0.05) is 5.57 Å². The van der Waals surface area contributed by atoms with Crippen LogP contribution >= 0.6 is 11.8 Å². The van der Waals surface area contributed by atoms with Crippen LogP contribution < -0.4 is 0 Å². The van der Waals surface area contributed by atoms with Gasteiger partial charge in [0.15, 0.2) is 0 Å². The van der Waals surface area contributed by atoms with Gasteiger partial charge in [0.25, 0.3) is 0 Å². The van der Waals surface area contributed by atoms with Crippen LogP contribution in [0.1, 0.15) is 12.8 Å². The van der Waals surface area contributed by atoms with Gasteiger partial charge < -0.3 is 4.74 Å². The van der Waals surface area contributed by atoms with Crippen molar-refractivity contribution in [3.63, 3.8) is 0 Å². The van der Waals surface area contributed by atoms with Crippen molar-refractivity contribution in [3.05, 3.63) is 10.5 Å². The van der Waals surface area contributed by atoms with Gasteiger partial charge in [-0.2, -0.15) is 0 Å². The van der Waals surface area contributed by atoms with Crippen molar-refractivity contribution in [2.75, 3.05) is 19.0 Å². The molecule has 9 heavy (non-hydrogen) atoms. The molecule has 2 aliphatic heterocycles. The van der Waals surface area contributed by atoms with Crippen LogP contribution in [0.25, 0.3) is 0 Å². The van der Waals surface area contributed by atoms with Gasteiger partial charge in [0.1, 0.15) is 0 Å². The minimum Gasteiger partial charge on any atom is -0.376 e. The highest BCUT2D eigenvalue weighted by molar-refractivity contribution is 8.03. The molecule has 2 heterocycles. The Hall–Kier alpha value is 0.0500. The smallest absolute Gasteiger partial charge is 0.0775 e. The SMILES string of the molecule is C1CC2=C(CO1)SCC2. The average molecular weight is 142 g/mol. The average Bonchev–Trinajstić information content (AvgIpc) is 2.33. The van der Waals surface area contributed by atoms with Crippen LogP contribution in [0.3, 0.4) is 0 Å². The van der Waals surface area contributed by atoms with Crippen LogP contribution in [-0.2, 0) is 4.74 Å². The van der Waals surface area contributed by atoms with Crippen LogP contribution in [0, 0.1) is 0 Å². The predicted molar refractivity (Wildman–Crippen MR) is 39.5 cm³/mol. The van der Waals surface area contributed by atoms with Gasteiger partial charge in [-0.3, -0.25) is 0 Å². The Kier molecular flexibility index (Phi) is 1.52. The summed E-state index contributed by atoms with van der Waals surface area (Å²) in [6.07, 6.45) is 2.52. The first-order valence-electron chi connectivity index (χ1n) is 3.38. The molecule has 0 bridgehead atoms. The van der Waals surface area contributed by atoms with E-state index in [-0.39, 0.29) is 0 Å². The molecular formula is C7H10OS. The van der Waals surface area contributed by atoms with E-state index in [1.165, 1.54) is 23.5 Å². The first-order chi connectivity index (χ1) is 4.47. The summed E-state index contributed by atoms with van der Waals surface area (Å²) in [5.74, 6) is 1.30. The molecule has 2 rings (SSSR count). The van der Waals surface area contributed by atoms with Gasteiger partial charge in [0, 0.05) is 10.7 Å². The van der Waals surface area contributed by atoms with E-state index >= 15 is 0 Å². The monoisotopic (exact) mass is 142 g/mol. The van der Waals surface area contributed by atoms with Crippen molar-refractivity contribution in [2.45, 2.75) is 12.8 Å². The minimum absolute atomic E-state index is 0.903. The molecule has 2 aliphatic rings. The van der Waals surface area contributed by atoms with Gasteiger partial charge in [0.2, 0.25) is 0 Å². The molecule has 0 aromatic rings. The summed E-state index contributed by atoms with van der Waals surface area (Å²) in [6.45, 7) is 1.86. The molecule has 0 fully saturated rings. The molecule has 0 saturated heterocycles. The lowest BCUT2D eigenvalue weighted by Gasteiger charge is -2.12. The Morgan fingerprint density at radius 1 is 1.33 bits per heavy atom. The Labute approximate surface area is 59.5 Å². The molecule has 0 radical (unpaired) electrons. The van der Waals surface area contributed by atoms with Crippen LogP contribution in [0.4, 0.5) is 0 Å². The molecule has 0 N–H and O–H groups in total. The normalized spacial score (nSPS) is 26.7. The van der Waals surface area contributed by atoms with Gasteiger partial charge >= 0.3 is 0 Å². The molecule has 0 aromatic carbocycles. The number of thioether (sulfide) groups is 1. The standard InChI is InChI=1S/C7H10OS/c1-3-8-5-7-6(1)2-4-9-7/h1-5H2. The Balaban J connectivity index is 2.17. The Morgan fingerprint density at radius 2 is 2.33 bits per heavy atom. The molecule has 1 nitrogen and oxygen atoms in total. The van der Waals surface area contributed by atoms with Crippen LogP contribution in [0.5, 0.6) is 0 Å². The third kappa shape index (κ3) is 1.01. The first kappa shape index (κ1) is 5.81. The van der Waals surface area contributed by atoms with Gasteiger partial charge in [-0.05, 0) is 12.8 Å². The van der Waals surface area contributed by atoms with Crippen molar-refractivity contribution in [1.82, 2.24) is 0 Å². The van der Waals surface area contributed by atoms with Crippen molar-refractivity contribution in [1.29, 1.82) is 0 Å². The summed E-state index contributed by atoms with van der Waals surface area (Å²) < 4.78 is 5.30. The van der Waals surface area contributed by atoms with Gasteiger partial charge in [0.05, 0.1) is 13.2 Å². The Morgan fingerprint density at radius 3 is 3.22 bits per heavy atom. The number of hydrogen-bond acceptors (Lipinski definition) is 2. The molecule has 2 heteroatoms. The summed E-state index contributed by atoms with van der Waals surface area (Å²) in [4.78, 5) is 1.53. The summed E-state index contributed by atoms with van der Waals surface area (Å²) in [7, 11) is 0. The van der Waals surface area contributed by atoms with Gasteiger partial charge in [-0.25, -0.2) is 0 Å². The molecule has 0 aromatic heterocycles. The van der Waals surface area contributed by atoms with Crippen molar-refractivity contribution in [2.24, 2.45) is 0 Å². The molecule has 0 aliphatic carbocycles. The molecule has 0 spiro atoms. The fourth-order valence-corrected chi connectivity index (χ4v) is 2.48. The number of rotatable bonds is 0. The molecule has 0 saturated carbocycles. The van der Waals surface area contributed by atoms with Gasteiger partial charge in [-0.15, -0.1) is 11.8 Å². The summed E-state index contributed by atoms with van der Waals surface area (Å²) in [6, 6.07) is 0. The lowest BCUT2D eigenvalue weighted by molar-refractivity contribution is 0.152. The Bertz CT molecular complexity index is 135. The van der Waals surface area contributed by atoms with Crippen molar-refractivity contribution >= 4 is 11.8 Å². The van der Waals surface area contributed by atoms with Crippen LogP contribution in [-0.4, -0.2) is 19.0 Å². The highest BCUT2D eigenvalue weighted by atomic mass is 32.2. The zero-order valence-corrected chi connectivity index (χ0v) is 6.17. The topological polar surface area (TPSA) is 9.23 Å². The van der Waals surface area contributed by atoms with E-state index in [9.17, 15) is 0 Å². The molecule has 50 valence electrons. The van der Waals surface area contributed by atoms with E-state index in [2.05, 4.69) is 0 Å². The fourth-order valence-electron chi connectivity index (χ4n) is 1.31. The number of ether oxygens (including phenoxy) is 1. The van der Waals surface area contributed by atoms with Crippen LogP contribution in [0.15, 0.2) is 10.5 Å². The quantitative estimate of drug-likeness (QED) is 0.510. The van der Waals surface area contributed by atoms with Crippen molar-refractivity contribution < 1.29 is 4.74 Å². The van der Waals surface area contributed by atoms with E-state index < -0.39 is 0 Å². The minimum atomic E-state index is 0.903. The highest BCUT2D eigenvalue weighted by Crippen LogP contribution is 2.35. The first-order valence-corrected chi connectivity index (χ1v) is 4.37. The lowest BCUT2D eigenvalue weighted by Crippen LogP contribution is -2.05. The maximum absolute atomic E-state index is 5.30. The molecule has 0 unspecified atom stereocenters. The summed E-state index contributed by atoms with van der Waals surface area (Å²) >= 11 is 1.98. The maximum atomic E-state index is 5.30. The summed E-state index contributed by atoms with van der Waals surface area (Å²) in [5, 5.41) is 0. The van der Waals surface area contributed by atoms with Crippen LogP contribution in [0.2, 0.25) is 0 Å². The van der Waals surface area contributed by atoms with E-state index in [0.717, 1.165) is 13.2 Å². The second-order valence-electron chi connectivity index (χ2n) is 2.43. The fraction of sp³-hybridized carbons (Fsp3) is 0.714. The largest absolute Gasteiger partial charge is 0.376 e. The lowest BCUT2D eigenvalue weighted by atomic mass is 10.1. The summed E-state index contributed by atoms with van der Waals surface area (Å²) in [5.41, 5.74) is 1.67. The molecule has 0 atom stereocenters. The third-order valence-electron chi connectivity index (χ3n) is 1.86.